The fraction of sp³-hybridized carbons (Fsp3) is 0.0476. The lowest BCUT2D eigenvalue weighted by atomic mass is 10.1. The molecule has 0 aliphatic heterocycles. The van der Waals surface area contributed by atoms with E-state index in [1.807, 2.05) is 30.5 Å². The second-order valence-electron chi connectivity index (χ2n) is 6.26. The highest BCUT2D eigenvalue weighted by Crippen LogP contribution is 2.35. The molecule has 3 aromatic heterocycles. The van der Waals surface area contributed by atoms with Gasteiger partial charge in [-0.15, -0.1) is 0 Å². The van der Waals surface area contributed by atoms with Gasteiger partial charge in [0, 0.05) is 39.8 Å². The van der Waals surface area contributed by atoms with Gasteiger partial charge in [-0.1, -0.05) is 35.9 Å². The van der Waals surface area contributed by atoms with Crippen LogP contribution in [0.25, 0.3) is 32.7 Å². The van der Waals surface area contributed by atoms with Gasteiger partial charge in [-0.05, 0) is 31.2 Å². The van der Waals surface area contributed by atoms with Gasteiger partial charge < -0.3 is 10.3 Å². The van der Waals surface area contributed by atoms with Gasteiger partial charge in [0.25, 0.3) is 0 Å². The summed E-state index contributed by atoms with van der Waals surface area (Å²) in [4.78, 5) is 12.7. The van der Waals surface area contributed by atoms with E-state index in [0.29, 0.717) is 0 Å². The number of hydrogen-bond donors (Lipinski definition) is 2. The van der Waals surface area contributed by atoms with Crippen LogP contribution in [0, 0.1) is 6.92 Å². The van der Waals surface area contributed by atoms with Crippen LogP contribution in [0.3, 0.4) is 0 Å². The molecular formula is C21H16N4. The molecule has 2 aromatic carbocycles. The Bertz CT molecular complexity index is 1220. The highest BCUT2D eigenvalue weighted by Gasteiger charge is 2.14. The van der Waals surface area contributed by atoms with Crippen LogP contribution in [0.1, 0.15) is 5.56 Å². The molecule has 0 amide bonds. The van der Waals surface area contributed by atoms with Gasteiger partial charge in [0.05, 0.1) is 11.0 Å². The van der Waals surface area contributed by atoms with E-state index in [1.165, 1.54) is 5.56 Å². The van der Waals surface area contributed by atoms with Gasteiger partial charge in [-0.2, -0.15) is 0 Å². The number of aromatic amines is 1. The van der Waals surface area contributed by atoms with Gasteiger partial charge in [0.1, 0.15) is 0 Å². The maximum Gasteiger partial charge on any atom is 0.155 e. The average Bonchev–Trinajstić information content (AvgIpc) is 3.04. The molecule has 2 N–H and O–H groups in total. The van der Waals surface area contributed by atoms with Crippen LogP contribution in [0.15, 0.2) is 67.0 Å². The Kier molecular flexibility index (Phi) is 2.97. The zero-order valence-electron chi connectivity index (χ0n) is 13.7. The van der Waals surface area contributed by atoms with Crippen LogP contribution in [-0.4, -0.2) is 15.0 Å². The largest absolute Gasteiger partial charge is 0.351 e. The normalized spacial score (nSPS) is 11.4. The third-order valence-electron chi connectivity index (χ3n) is 4.56. The molecule has 0 atom stereocenters. The second kappa shape index (κ2) is 5.31. The first-order valence-corrected chi connectivity index (χ1v) is 8.27. The molecule has 4 heteroatoms. The summed E-state index contributed by atoms with van der Waals surface area (Å²) in [6.45, 7) is 2.08. The Labute approximate surface area is 144 Å². The van der Waals surface area contributed by atoms with E-state index in [9.17, 15) is 0 Å². The number of nitrogens with zero attached hydrogens (tertiary/aromatic N) is 2. The molecule has 0 unspecified atom stereocenters. The molecule has 25 heavy (non-hydrogen) atoms. The van der Waals surface area contributed by atoms with Crippen molar-refractivity contribution >= 4 is 44.2 Å². The standard InChI is InChI=1S/C21H16N4/c1-13-6-8-14(9-7-13)23-21-20-19(15-4-2-3-5-17(15)25-21)16-12-22-11-10-18(16)24-20/h2-12,24H,1H3,(H,23,25). The summed E-state index contributed by atoms with van der Waals surface area (Å²) in [6, 6.07) is 18.6. The number of hydrogen-bond acceptors (Lipinski definition) is 3. The summed E-state index contributed by atoms with van der Waals surface area (Å²) in [7, 11) is 0. The minimum Gasteiger partial charge on any atom is -0.351 e. The van der Waals surface area contributed by atoms with Crippen molar-refractivity contribution in [2.24, 2.45) is 0 Å². The Morgan fingerprint density at radius 3 is 2.64 bits per heavy atom. The van der Waals surface area contributed by atoms with Crippen LogP contribution in [-0.2, 0) is 0 Å². The van der Waals surface area contributed by atoms with E-state index in [-0.39, 0.29) is 0 Å². The zero-order chi connectivity index (χ0) is 16.8. The highest BCUT2D eigenvalue weighted by atomic mass is 15.0. The lowest BCUT2D eigenvalue weighted by Gasteiger charge is -2.09. The Hall–Kier alpha value is -3.40. The van der Waals surface area contributed by atoms with Crippen molar-refractivity contribution in [2.75, 3.05) is 5.32 Å². The van der Waals surface area contributed by atoms with Crippen LogP contribution in [0.5, 0.6) is 0 Å². The number of benzene rings is 2. The van der Waals surface area contributed by atoms with Crippen molar-refractivity contribution in [1.29, 1.82) is 0 Å². The minimum absolute atomic E-state index is 0.828. The molecule has 0 saturated heterocycles. The first-order chi connectivity index (χ1) is 12.3. The van der Waals surface area contributed by atoms with Crippen molar-refractivity contribution in [3.63, 3.8) is 0 Å². The predicted octanol–water partition coefficient (Wildman–Crippen LogP) is 5.32. The SMILES string of the molecule is Cc1ccc(Nc2nc3ccccc3c3c2[nH]c2ccncc23)cc1. The molecular weight excluding hydrogens is 308 g/mol. The number of aryl methyl sites for hydroxylation is 1. The van der Waals surface area contributed by atoms with E-state index < -0.39 is 0 Å². The molecule has 5 aromatic rings. The Morgan fingerprint density at radius 1 is 0.920 bits per heavy atom. The van der Waals surface area contributed by atoms with E-state index >= 15 is 0 Å². The first-order valence-electron chi connectivity index (χ1n) is 8.27. The van der Waals surface area contributed by atoms with Crippen LogP contribution < -0.4 is 5.32 Å². The lowest BCUT2D eigenvalue weighted by molar-refractivity contribution is 1.35. The van der Waals surface area contributed by atoms with Gasteiger partial charge in [-0.3, -0.25) is 4.98 Å². The average molecular weight is 324 g/mol. The lowest BCUT2D eigenvalue weighted by Crippen LogP contribution is -1.95. The molecule has 0 saturated carbocycles. The van der Waals surface area contributed by atoms with Crippen molar-refractivity contribution in [2.45, 2.75) is 6.92 Å². The minimum atomic E-state index is 0.828. The summed E-state index contributed by atoms with van der Waals surface area (Å²) < 4.78 is 0. The Morgan fingerprint density at radius 2 is 1.76 bits per heavy atom. The van der Waals surface area contributed by atoms with Crippen LogP contribution >= 0.6 is 0 Å². The number of pyridine rings is 2. The van der Waals surface area contributed by atoms with Crippen LogP contribution in [0.2, 0.25) is 0 Å². The second-order valence-corrected chi connectivity index (χ2v) is 6.26. The Balaban J connectivity index is 1.83. The van der Waals surface area contributed by atoms with Crippen molar-refractivity contribution in [1.82, 2.24) is 15.0 Å². The highest BCUT2D eigenvalue weighted by molar-refractivity contribution is 6.21. The van der Waals surface area contributed by atoms with E-state index in [2.05, 4.69) is 52.5 Å². The third kappa shape index (κ3) is 2.22. The number of para-hydroxylation sites is 1. The molecule has 0 aliphatic carbocycles. The summed E-state index contributed by atoms with van der Waals surface area (Å²) in [5.41, 5.74) is 5.29. The van der Waals surface area contributed by atoms with Gasteiger partial charge >= 0.3 is 0 Å². The molecule has 0 aliphatic rings. The topological polar surface area (TPSA) is 53.6 Å². The summed E-state index contributed by atoms with van der Waals surface area (Å²) >= 11 is 0. The number of H-pyrrole nitrogens is 1. The van der Waals surface area contributed by atoms with E-state index in [0.717, 1.165) is 44.2 Å². The van der Waals surface area contributed by atoms with Crippen LogP contribution in [0.4, 0.5) is 11.5 Å². The zero-order valence-corrected chi connectivity index (χ0v) is 13.7. The third-order valence-corrected chi connectivity index (χ3v) is 4.56. The fourth-order valence-electron chi connectivity index (χ4n) is 3.31. The predicted molar refractivity (Wildman–Crippen MR) is 103 cm³/mol. The molecule has 0 spiro atoms. The molecule has 0 fully saturated rings. The van der Waals surface area contributed by atoms with E-state index in [1.54, 1.807) is 6.20 Å². The van der Waals surface area contributed by atoms with Gasteiger partial charge in [0.2, 0.25) is 0 Å². The first kappa shape index (κ1) is 14.0. The molecule has 3 heterocycles. The van der Waals surface area contributed by atoms with Crippen molar-refractivity contribution in [3.05, 3.63) is 72.6 Å². The smallest absolute Gasteiger partial charge is 0.155 e. The quantitative estimate of drug-likeness (QED) is 0.462. The molecule has 4 nitrogen and oxygen atoms in total. The van der Waals surface area contributed by atoms with Gasteiger partial charge in [0.15, 0.2) is 5.82 Å². The van der Waals surface area contributed by atoms with Crippen molar-refractivity contribution < 1.29 is 0 Å². The molecule has 0 radical (unpaired) electrons. The van der Waals surface area contributed by atoms with Gasteiger partial charge in [-0.25, -0.2) is 4.98 Å². The summed E-state index contributed by atoms with van der Waals surface area (Å²) in [5.74, 6) is 0.828. The molecule has 5 rings (SSSR count). The maximum absolute atomic E-state index is 4.85. The fourth-order valence-corrected chi connectivity index (χ4v) is 3.31. The number of anilines is 2. The summed E-state index contributed by atoms with van der Waals surface area (Å²) in [5, 5.41) is 6.86. The molecule has 120 valence electrons. The summed E-state index contributed by atoms with van der Waals surface area (Å²) in [6.07, 6.45) is 3.72. The number of rotatable bonds is 2. The number of nitrogens with one attached hydrogen (secondary N) is 2. The molecule has 0 bridgehead atoms. The monoisotopic (exact) mass is 324 g/mol. The van der Waals surface area contributed by atoms with Crippen molar-refractivity contribution in [3.8, 4) is 0 Å². The number of fused-ring (bicyclic) bond motifs is 5. The number of aromatic nitrogens is 3. The maximum atomic E-state index is 4.85. The van der Waals surface area contributed by atoms with E-state index in [4.69, 9.17) is 4.98 Å².